The first kappa shape index (κ1) is 18.7. The van der Waals surface area contributed by atoms with Crippen LogP contribution in [0.1, 0.15) is 35.8 Å². The quantitative estimate of drug-likeness (QED) is 0.759. The van der Waals surface area contributed by atoms with Crippen molar-refractivity contribution in [3.63, 3.8) is 0 Å². The van der Waals surface area contributed by atoms with Gasteiger partial charge in [-0.25, -0.2) is 9.97 Å². The van der Waals surface area contributed by atoms with Crippen molar-refractivity contribution in [2.75, 3.05) is 32.1 Å². The van der Waals surface area contributed by atoms with Crippen LogP contribution in [0.5, 0.6) is 5.75 Å². The van der Waals surface area contributed by atoms with Crippen LogP contribution in [0.2, 0.25) is 0 Å². The molecule has 6 nitrogen and oxygen atoms in total. The van der Waals surface area contributed by atoms with Crippen LogP contribution < -0.4 is 15.0 Å². The number of nitrogens with zero attached hydrogens (tertiary/aromatic N) is 3. The molecule has 0 spiro atoms. The minimum absolute atomic E-state index is 0.217. The van der Waals surface area contributed by atoms with Crippen LogP contribution >= 0.6 is 0 Å². The van der Waals surface area contributed by atoms with E-state index in [0.29, 0.717) is 18.7 Å². The van der Waals surface area contributed by atoms with E-state index in [4.69, 9.17) is 4.74 Å². The monoisotopic (exact) mass is 342 g/mol. The second kappa shape index (κ2) is 9.61. The molecule has 0 saturated heterocycles. The number of ether oxygens (including phenoxy) is 1. The van der Waals surface area contributed by atoms with Crippen molar-refractivity contribution in [3.05, 3.63) is 47.9 Å². The first-order valence-electron chi connectivity index (χ1n) is 8.59. The van der Waals surface area contributed by atoms with Crippen LogP contribution in [0.25, 0.3) is 0 Å². The highest BCUT2D eigenvalue weighted by Gasteiger charge is 2.10. The van der Waals surface area contributed by atoms with E-state index in [1.165, 1.54) is 6.20 Å². The van der Waals surface area contributed by atoms with Crippen molar-refractivity contribution in [2.45, 2.75) is 26.2 Å². The number of amides is 1. The Labute approximate surface area is 149 Å². The molecule has 1 heterocycles. The number of hydrogen-bond acceptors (Lipinski definition) is 5. The number of nitrogens with one attached hydrogen (secondary N) is 1. The number of carbonyl (C=O) groups excluding carboxylic acids is 1. The second-order valence-electron chi connectivity index (χ2n) is 5.85. The number of para-hydroxylation sites is 1. The van der Waals surface area contributed by atoms with Gasteiger partial charge in [0.1, 0.15) is 17.3 Å². The van der Waals surface area contributed by atoms with Crippen molar-refractivity contribution < 1.29 is 9.53 Å². The van der Waals surface area contributed by atoms with E-state index in [9.17, 15) is 4.79 Å². The Morgan fingerprint density at radius 1 is 1.24 bits per heavy atom. The fourth-order valence-corrected chi connectivity index (χ4v) is 2.46. The lowest BCUT2D eigenvalue weighted by atomic mass is 10.1. The molecule has 1 aromatic carbocycles. The molecular formula is C19H26N4O2. The maximum atomic E-state index is 12.2. The number of benzene rings is 1. The summed E-state index contributed by atoms with van der Waals surface area (Å²) in [6.45, 7) is 3.59. The van der Waals surface area contributed by atoms with Gasteiger partial charge in [-0.2, -0.15) is 0 Å². The molecule has 2 aromatic rings. The van der Waals surface area contributed by atoms with E-state index in [1.807, 2.05) is 36.2 Å². The van der Waals surface area contributed by atoms with Gasteiger partial charge in [0.05, 0.1) is 19.5 Å². The SMILES string of the molecule is CCCCN(C)c1cnc(C(=O)NCCc2ccccc2OC)cn1. The van der Waals surface area contributed by atoms with Gasteiger partial charge in [-0.05, 0) is 24.5 Å². The number of methoxy groups -OCH3 is 1. The molecule has 2 rings (SSSR count). The molecular weight excluding hydrogens is 316 g/mol. The van der Waals surface area contributed by atoms with Gasteiger partial charge in [0, 0.05) is 20.1 Å². The van der Waals surface area contributed by atoms with Crippen molar-refractivity contribution in [1.29, 1.82) is 0 Å². The zero-order valence-corrected chi connectivity index (χ0v) is 15.2. The summed E-state index contributed by atoms with van der Waals surface area (Å²) < 4.78 is 5.31. The summed E-state index contributed by atoms with van der Waals surface area (Å²) in [6.07, 6.45) is 6.09. The normalized spacial score (nSPS) is 10.4. The minimum atomic E-state index is -0.217. The number of aromatic nitrogens is 2. The van der Waals surface area contributed by atoms with Crippen LogP contribution in [0.15, 0.2) is 36.7 Å². The largest absolute Gasteiger partial charge is 0.496 e. The highest BCUT2D eigenvalue weighted by atomic mass is 16.5. The molecule has 0 atom stereocenters. The van der Waals surface area contributed by atoms with Crippen LogP contribution in [-0.4, -0.2) is 43.1 Å². The Bertz CT molecular complexity index is 673. The molecule has 0 unspecified atom stereocenters. The van der Waals surface area contributed by atoms with Crippen LogP contribution in [0, 0.1) is 0 Å². The van der Waals surface area contributed by atoms with Gasteiger partial charge in [-0.3, -0.25) is 4.79 Å². The Kier molecular flexibility index (Phi) is 7.19. The third kappa shape index (κ3) is 5.45. The molecule has 1 aromatic heterocycles. The summed E-state index contributed by atoms with van der Waals surface area (Å²) >= 11 is 0. The molecule has 0 bridgehead atoms. The summed E-state index contributed by atoms with van der Waals surface area (Å²) in [5.74, 6) is 1.39. The maximum Gasteiger partial charge on any atom is 0.271 e. The average Bonchev–Trinajstić information content (AvgIpc) is 2.66. The van der Waals surface area contributed by atoms with E-state index < -0.39 is 0 Å². The fourth-order valence-electron chi connectivity index (χ4n) is 2.46. The van der Waals surface area contributed by atoms with Gasteiger partial charge in [-0.1, -0.05) is 31.5 Å². The van der Waals surface area contributed by atoms with Crippen LogP contribution in [0.4, 0.5) is 5.82 Å². The van der Waals surface area contributed by atoms with Crippen molar-refractivity contribution >= 4 is 11.7 Å². The van der Waals surface area contributed by atoms with Gasteiger partial charge in [-0.15, -0.1) is 0 Å². The smallest absolute Gasteiger partial charge is 0.271 e. The lowest BCUT2D eigenvalue weighted by molar-refractivity contribution is 0.0948. The number of rotatable bonds is 9. The molecule has 0 fully saturated rings. The summed E-state index contributed by atoms with van der Waals surface area (Å²) in [4.78, 5) is 22.8. The lowest BCUT2D eigenvalue weighted by Crippen LogP contribution is -2.27. The molecule has 6 heteroatoms. The standard InChI is InChI=1S/C19H26N4O2/c1-4-5-12-23(2)18-14-21-16(13-22-18)19(24)20-11-10-15-8-6-7-9-17(15)25-3/h6-9,13-14H,4-5,10-12H2,1-3H3,(H,20,24). The number of carbonyl (C=O) groups is 1. The Hall–Kier alpha value is -2.63. The van der Waals surface area contributed by atoms with E-state index in [1.54, 1.807) is 13.3 Å². The summed E-state index contributed by atoms with van der Waals surface area (Å²) in [5, 5.41) is 2.87. The molecule has 0 aliphatic carbocycles. The fraction of sp³-hybridized carbons (Fsp3) is 0.421. The lowest BCUT2D eigenvalue weighted by Gasteiger charge is -2.17. The summed E-state index contributed by atoms with van der Waals surface area (Å²) in [7, 11) is 3.62. The molecule has 134 valence electrons. The third-order valence-corrected chi connectivity index (χ3v) is 3.98. The molecule has 0 radical (unpaired) electrons. The zero-order chi connectivity index (χ0) is 18.1. The topological polar surface area (TPSA) is 67.4 Å². The first-order chi connectivity index (χ1) is 12.2. The van der Waals surface area contributed by atoms with Gasteiger partial charge in [0.15, 0.2) is 0 Å². The third-order valence-electron chi connectivity index (χ3n) is 3.98. The molecule has 0 saturated carbocycles. The van der Waals surface area contributed by atoms with Crippen LogP contribution in [0.3, 0.4) is 0 Å². The zero-order valence-electron chi connectivity index (χ0n) is 15.2. The average molecular weight is 342 g/mol. The summed E-state index contributed by atoms with van der Waals surface area (Å²) in [6, 6.07) is 7.79. The molecule has 25 heavy (non-hydrogen) atoms. The number of unbranched alkanes of at least 4 members (excludes halogenated alkanes) is 1. The van der Waals surface area contributed by atoms with E-state index >= 15 is 0 Å². The van der Waals surface area contributed by atoms with Gasteiger partial charge < -0.3 is 15.0 Å². The van der Waals surface area contributed by atoms with Crippen molar-refractivity contribution in [2.24, 2.45) is 0 Å². The highest BCUT2D eigenvalue weighted by molar-refractivity contribution is 5.92. The van der Waals surface area contributed by atoms with Gasteiger partial charge in [0.25, 0.3) is 5.91 Å². The van der Waals surface area contributed by atoms with Gasteiger partial charge >= 0.3 is 0 Å². The first-order valence-corrected chi connectivity index (χ1v) is 8.59. The molecule has 0 aliphatic heterocycles. The van der Waals surface area contributed by atoms with E-state index in [0.717, 1.165) is 36.5 Å². The molecule has 0 aliphatic rings. The predicted molar refractivity (Wildman–Crippen MR) is 99.2 cm³/mol. The molecule has 1 amide bonds. The van der Waals surface area contributed by atoms with Gasteiger partial charge in [0.2, 0.25) is 0 Å². The summed E-state index contributed by atoms with van der Waals surface area (Å²) in [5.41, 5.74) is 1.39. The van der Waals surface area contributed by atoms with Crippen molar-refractivity contribution in [3.8, 4) is 5.75 Å². The molecule has 1 N–H and O–H groups in total. The maximum absolute atomic E-state index is 12.2. The Balaban J connectivity index is 1.86. The van der Waals surface area contributed by atoms with E-state index in [2.05, 4.69) is 22.2 Å². The van der Waals surface area contributed by atoms with Crippen molar-refractivity contribution in [1.82, 2.24) is 15.3 Å². The number of anilines is 1. The predicted octanol–water partition coefficient (Wildman–Crippen LogP) is 2.69. The van der Waals surface area contributed by atoms with Crippen LogP contribution in [-0.2, 0) is 6.42 Å². The highest BCUT2D eigenvalue weighted by Crippen LogP contribution is 2.17. The van der Waals surface area contributed by atoms with E-state index in [-0.39, 0.29) is 5.91 Å². The number of hydrogen-bond donors (Lipinski definition) is 1. The second-order valence-corrected chi connectivity index (χ2v) is 5.85. The minimum Gasteiger partial charge on any atom is -0.496 e. The Morgan fingerprint density at radius 2 is 2.04 bits per heavy atom. The Morgan fingerprint density at radius 3 is 2.72 bits per heavy atom.